The van der Waals surface area contributed by atoms with Crippen molar-refractivity contribution in [3.8, 4) is 11.6 Å². The van der Waals surface area contributed by atoms with E-state index in [4.69, 9.17) is 4.74 Å². The van der Waals surface area contributed by atoms with E-state index in [1.165, 1.54) is 0 Å². The average Bonchev–Trinajstić information content (AvgIpc) is 3.29. The molecule has 3 heterocycles. The minimum absolute atomic E-state index is 0.0486. The first kappa shape index (κ1) is 21.8. The lowest BCUT2D eigenvalue weighted by Crippen LogP contribution is -2.39. The highest BCUT2D eigenvalue weighted by Gasteiger charge is 2.29. The molecule has 7 nitrogen and oxygen atoms in total. The summed E-state index contributed by atoms with van der Waals surface area (Å²) in [5.41, 5.74) is 2.52. The maximum absolute atomic E-state index is 13.6. The number of imidazole rings is 1. The number of amides is 1. The SMILES string of the molecule is Cc1nccn1Cc1ccccc1C(=O)N1CCCC(c2nccnc2Oc2ccccc2)C1. The van der Waals surface area contributed by atoms with E-state index in [1.54, 1.807) is 18.6 Å². The van der Waals surface area contributed by atoms with Gasteiger partial charge in [0.15, 0.2) is 0 Å². The van der Waals surface area contributed by atoms with Crippen molar-refractivity contribution in [1.29, 1.82) is 0 Å². The fourth-order valence-corrected chi connectivity index (χ4v) is 4.47. The van der Waals surface area contributed by atoms with E-state index in [0.717, 1.165) is 47.8 Å². The van der Waals surface area contributed by atoms with Crippen LogP contribution in [-0.2, 0) is 6.54 Å². The molecule has 5 rings (SSSR count). The first-order chi connectivity index (χ1) is 16.7. The second-order valence-electron chi connectivity index (χ2n) is 8.51. The van der Waals surface area contributed by atoms with Gasteiger partial charge in [0.05, 0.1) is 0 Å². The van der Waals surface area contributed by atoms with E-state index >= 15 is 0 Å². The number of para-hydroxylation sites is 1. The van der Waals surface area contributed by atoms with Crippen LogP contribution in [0.5, 0.6) is 11.6 Å². The number of aromatic nitrogens is 4. The molecule has 0 radical (unpaired) electrons. The van der Waals surface area contributed by atoms with Gasteiger partial charge in [0.1, 0.15) is 17.3 Å². The van der Waals surface area contributed by atoms with Gasteiger partial charge in [0.25, 0.3) is 5.91 Å². The van der Waals surface area contributed by atoms with Crippen LogP contribution in [0.15, 0.2) is 79.4 Å². The van der Waals surface area contributed by atoms with Crippen molar-refractivity contribution in [2.45, 2.75) is 32.2 Å². The summed E-state index contributed by atoms with van der Waals surface area (Å²) < 4.78 is 8.10. The van der Waals surface area contributed by atoms with Crippen LogP contribution in [0.2, 0.25) is 0 Å². The predicted molar refractivity (Wildman–Crippen MR) is 129 cm³/mol. The van der Waals surface area contributed by atoms with Crippen LogP contribution < -0.4 is 4.74 Å². The van der Waals surface area contributed by atoms with E-state index in [1.807, 2.05) is 72.6 Å². The molecule has 1 fully saturated rings. The third-order valence-electron chi connectivity index (χ3n) is 6.26. The van der Waals surface area contributed by atoms with E-state index in [9.17, 15) is 4.79 Å². The van der Waals surface area contributed by atoms with Crippen LogP contribution in [0.1, 0.15) is 46.2 Å². The van der Waals surface area contributed by atoms with Crippen molar-refractivity contribution in [2.75, 3.05) is 13.1 Å². The molecule has 1 saturated heterocycles. The Morgan fingerprint density at radius 2 is 1.79 bits per heavy atom. The van der Waals surface area contributed by atoms with Crippen LogP contribution >= 0.6 is 0 Å². The molecule has 0 N–H and O–H groups in total. The van der Waals surface area contributed by atoms with Crippen molar-refractivity contribution in [2.24, 2.45) is 0 Å². The van der Waals surface area contributed by atoms with Gasteiger partial charge in [-0.25, -0.2) is 9.97 Å². The summed E-state index contributed by atoms with van der Waals surface area (Å²) in [5, 5.41) is 0. The Kier molecular flexibility index (Phi) is 6.33. The molecule has 7 heteroatoms. The molecule has 1 aliphatic heterocycles. The molecule has 1 amide bonds. The highest BCUT2D eigenvalue weighted by atomic mass is 16.5. The highest BCUT2D eigenvalue weighted by Crippen LogP contribution is 2.33. The number of likely N-dealkylation sites (tertiary alicyclic amines) is 1. The van der Waals surface area contributed by atoms with Crippen molar-refractivity contribution >= 4 is 5.91 Å². The van der Waals surface area contributed by atoms with Crippen LogP contribution in [0, 0.1) is 6.92 Å². The van der Waals surface area contributed by atoms with E-state index in [0.29, 0.717) is 19.0 Å². The number of rotatable bonds is 6. The maximum atomic E-state index is 13.6. The summed E-state index contributed by atoms with van der Waals surface area (Å²) in [5.74, 6) is 2.26. The minimum atomic E-state index is 0.0486. The number of aryl methyl sites for hydroxylation is 1. The number of nitrogens with zero attached hydrogens (tertiary/aromatic N) is 5. The fourth-order valence-electron chi connectivity index (χ4n) is 4.47. The number of hydrogen-bond donors (Lipinski definition) is 0. The molecule has 172 valence electrons. The smallest absolute Gasteiger partial charge is 0.254 e. The molecule has 1 atom stereocenters. The number of ether oxygens (including phenoxy) is 1. The zero-order chi connectivity index (χ0) is 23.3. The Morgan fingerprint density at radius 1 is 1.00 bits per heavy atom. The van der Waals surface area contributed by atoms with Gasteiger partial charge >= 0.3 is 0 Å². The molecule has 2 aromatic carbocycles. The molecular formula is C27H27N5O2. The van der Waals surface area contributed by atoms with Crippen molar-refractivity contribution in [1.82, 2.24) is 24.4 Å². The Labute approximate surface area is 199 Å². The van der Waals surface area contributed by atoms with Crippen molar-refractivity contribution in [3.63, 3.8) is 0 Å². The molecule has 0 saturated carbocycles. The first-order valence-corrected chi connectivity index (χ1v) is 11.6. The Balaban J connectivity index is 1.36. The highest BCUT2D eigenvalue weighted by molar-refractivity contribution is 5.95. The second kappa shape index (κ2) is 9.87. The maximum Gasteiger partial charge on any atom is 0.254 e. The molecule has 1 unspecified atom stereocenters. The lowest BCUT2D eigenvalue weighted by Gasteiger charge is -2.33. The topological polar surface area (TPSA) is 73.1 Å². The molecule has 2 aromatic heterocycles. The summed E-state index contributed by atoms with van der Waals surface area (Å²) in [6, 6.07) is 17.4. The molecule has 0 aliphatic carbocycles. The van der Waals surface area contributed by atoms with Crippen LogP contribution in [0.3, 0.4) is 0 Å². The standard InChI is InChI=1S/C27H27N5O2/c1-20-28-15-17-31(20)18-21-8-5-6-12-24(21)27(33)32-16-7-9-22(19-32)25-26(30-14-13-29-25)34-23-10-3-2-4-11-23/h2-6,8,10-15,17,22H,7,9,16,18-19H2,1H3. The van der Waals surface area contributed by atoms with E-state index < -0.39 is 0 Å². The predicted octanol–water partition coefficient (Wildman–Crippen LogP) is 4.84. The van der Waals surface area contributed by atoms with E-state index in [2.05, 4.69) is 19.5 Å². The Morgan fingerprint density at radius 3 is 2.62 bits per heavy atom. The van der Waals surface area contributed by atoms with Gasteiger partial charge in [0, 0.05) is 55.9 Å². The van der Waals surface area contributed by atoms with Gasteiger partial charge in [-0.05, 0) is 43.5 Å². The minimum Gasteiger partial charge on any atom is -0.437 e. The third kappa shape index (κ3) is 4.69. The van der Waals surface area contributed by atoms with Gasteiger partial charge < -0.3 is 14.2 Å². The van der Waals surface area contributed by atoms with Crippen molar-refractivity contribution < 1.29 is 9.53 Å². The summed E-state index contributed by atoms with van der Waals surface area (Å²) >= 11 is 0. The number of carbonyl (C=O) groups is 1. The number of carbonyl (C=O) groups excluding carboxylic acids is 1. The van der Waals surface area contributed by atoms with Crippen LogP contribution in [0.25, 0.3) is 0 Å². The number of hydrogen-bond acceptors (Lipinski definition) is 5. The van der Waals surface area contributed by atoms with Crippen LogP contribution in [-0.4, -0.2) is 43.4 Å². The average molecular weight is 454 g/mol. The number of piperidine rings is 1. The fraction of sp³-hybridized carbons (Fsp3) is 0.259. The Bertz CT molecular complexity index is 1270. The zero-order valence-corrected chi connectivity index (χ0v) is 19.2. The molecule has 4 aromatic rings. The number of benzene rings is 2. The van der Waals surface area contributed by atoms with Gasteiger partial charge in [-0.15, -0.1) is 0 Å². The van der Waals surface area contributed by atoms with Gasteiger partial charge in [0.2, 0.25) is 5.88 Å². The summed E-state index contributed by atoms with van der Waals surface area (Å²) in [4.78, 5) is 28.9. The van der Waals surface area contributed by atoms with E-state index in [-0.39, 0.29) is 11.8 Å². The summed E-state index contributed by atoms with van der Waals surface area (Å²) in [7, 11) is 0. The Hall–Kier alpha value is -4.00. The van der Waals surface area contributed by atoms with Crippen LogP contribution in [0.4, 0.5) is 0 Å². The summed E-state index contributed by atoms with van der Waals surface area (Å²) in [6.45, 7) is 3.89. The molecule has 0 spiro atoms. The zero-order valence-electron chi connectivity index (χ0n) is 19.2. The van der Waals surface area contributed by atoms with Gasteiger partial charge in [-0.1, -0.05) is 36.4 Å². The molecular weight excluding hydrogens is 426 g/mol. The molecule has 1 aliphatic rings. The first-order valence-electron chi connectivity index (χ1n) is 11.6. The largest absolute Gasteiger partial charge is 0.437 e. The quantitative estimate of drug-likeness (QED) is 0.418. The third-order valence-corrected chi connectivity index (χ3v) is 6.26. The molecule has 34 heavy (non-hydrogen) atoms. The normalized spacial score (nSPS) is 15.8. The summed E-state index contributed by atoms with van der Waals surface area (Å²) in [6.07, 6.45) is 8.89. The lowest BCUT2D eigenvalue weighted by atomic mass is 9.93. The van der Waals surface area contributed by atoms with Crippen molar-refractivity contribution in [3.05, 3.63) is 102 Å². The monoisotopic (exact) mass is 453 g/mol. The second-order valence-corrected chi connectivity index (χ2v) is 8.51. The lowest BCUT2D eigenvalue weighted by molar-refractivity contribution is 0.0703. The van der Waals surface area contributed by atoms with Gasteiger partial charge in [-0.2, -0.15) is 0 Å². The van der Waals surface area contributed by atoms with Gasteiger partial charge in [-0.3, -0.25) is 9.78 Å². The molecule has 0 bridgehead atoms.